The van der Waals surface area contributed by atoms with Gasteiger partial charge < -0.3 is 4.57 Å². The SMILES string of the molecule is Cc1cc(C(F)(F)F)c2c3c(n(C)c2n1)CCCC3. The molecule has 0 N–H and O–H groups in total. The molecule has 2 heterocycles. The third-order valence-corrected chi connectivity index (χ3v) is 3.90. The topological polar surface area (TPSA) is 17.8 Å². The molecule has 5 heteroatoms. The molecule has 0 unspecified atom stereocenters. The highest BCUT2D eigenvalue weighted by atomic mass is 19.4. The van der Waals surface area contributed by atoms with Crippen molar-refractivity contribution in [1.29, 1.82) is 0 Å². The summed E-state index contributed by atoms with van der Waals surface area (Å²) in [5.74, 6) is 0. The molecule has 3 rings (SSSR count). The van der Waals surface area contributed by atoms with Gasteiger partial charge in [-0.2, -0.15) is 13.2 Å². The van der Waals surface area contributed by atoms with Crippen LogP contribution in [0.3, 0.4) is 0 Å². The number of alkyl halides is 3. The second-order valence-electron chi connectivity index (χ2n) is 5.20. The van der Waals surface area contributed by atoms with Crippen LogP contribution in [-0.2, 0) is 26.1 Å². The number of aromatic nitrogens is 2. The fraction of sp³-hybridized carbons (Fsp3) is 0.500. The molecule has 2 nitrogen and oxygen atoms in total. The van der Waals surface area contributed by atoms with E-state index in [2.05, 4.69) is 4.98 Å². The molecular formula is C14H15F3N2. The minimum absolute atomic E-state index is 0.315. The van der Waals surface area contributed by atoms with Crippen LogP contribution in [0.15, 0.2) is 6.07 Å². The Morgan fingerprint density at radius 2 is 1.89 bits per heavy atom. The summed E-state index contributed by atoms with van der Waals surface area (Å²) in [6, 6.07) is 1.16. The van der Waals surface area contributed by atoms with E-state index in [4.69, 9.17) is 0 Å². The van der Waals surface area contributed by atoms with Crippen LogP contribution in [0.4, 0.5) is 13.2 Å². The van der Waals surface area contributed by atoms with E-state index in [9.17, 15) is 13.2 Å². The van der Waals surface area contributed by atoms with Gasteiger partial charge in [-0.25, -0.2) is 4.98 Å². The van der Waals surface area contributed by atoms with Crippen molar-refractivity contribution >= 4 is 11.0 Å². The number of halogens is 3. The van der Waals surface area contributed by atoms with Crippen molar-refractivity contribution in [2.45, 2.75) is 38.8 Å². The summed E-state index contributed by atoms with van der Waals surface area (Å²) >= 11 is 0. The van der Waals surface area contributed by atoms with Crippen LogP contribution >= 0.6 is 0 Å². The van der Waals surface area contributed by atoms with Gasteiger partial charge in [-0.3, -0.25) is 0 Å². The number of nitrogens with zero attached hydrogens (tertiary/aromatic N) is 2. The highest BCUT2D eigenvalue weighted by Crippen LogP contribution is 2.40. The van der Waals surface area contributed by atoms with E-state index in [1.807, 2.05) is 11.6 Å². The Morgan fingerprint density at radius 3 is 2.58 bits per heavy atom. The fourth-order valence-electron chi connectivity index (χ4n) is 3.08. The fourth-order valence-corrected chi connectivity index (χ4v) is 3.08. The van der Waals surface area contributed by atoms with E-state index in [1.54, 1.807) is 6.92 Å². The van der Waals surface area contributed by atoms with Crippen molar-refractivity contribution in [1.82, 2.24) is 9.55 Å². The molecule has 0 fully saturated rings. The molecule has 0 bridgehead atoms. The lowest BCUT2D eigenvalue weighted by atomic mass is 9.94. The smallest absolute Gasteiger partial charge is 0.332 e. The van der Waals surface area contributed by atoms with E-state index >= 15 is 0 Å². The van der Waals surface area contributed by atoms with Crippen LogP contribution in [0.25, 0.3) is 11.0 Å². The van der Waals surface area contributed by atoms with Gasteiger partial charge in [-0.1, -0.05) is 0 Å². The summed E-state index contributed by atoms with van der Waals surface area (Å²) < 4.78 is 41.6. The predicted octanol–water partition coefficient (Wildman–Crippen LogP) is 3.78. The molecule has 1 aliphatic rings. The van der Waals surface area contributed by atoms with Crippen LogP contribution in [-0.4, -0.2) is 9.55 Å². The van der Waals surface area contributed by atoms with Gasteiger partial charge in [0.15, 0.2) is 0 Å². The van der Waals surface area contributed by atoms with Gasteiger partial charge in [0.05, 0.1) is 5.56 Å². The zero-order chi connectivity index (χ0) is 13.8. The molecule has 0 saturated heterocycles. The summed E-state index contributed by atoms with van der Waals surface area (Å²) in [4.78, 5) is 4.32. The van der Waals surface area contributed by atoms with E-state index in [-0.39, 0.29) is 0 Å². The first-order valence-corrected chi connectivity index (χ1v) is 6.44. The molecular weight excluding hydrogens is 253 g/mol. The lowest BCUT2D eigenvalue weighted by Gasteiger charge is -2.14. The highest BCUT2D eigenvalue weighted by Gasteiger charge is 2.36. The van der Waals surface area contributed by atoms with Gasteiger partial charge >= 0.3 is 6.18 Å². The molecule has 0 atom stereocenters. The first kappa shape index (κ1) is 12.5. The lowest BCUT2D eigenvalue weighted by Crippen LogP contribution is -2.08. The zero-order valence-corrected chi connectivity index (χ0v) is 10.9. The summed E-state index contributed by atoms with van der Waals surface area (Å²) in [6.07, 6.45) is -0.758. The Morgan fingerprint density at radius 1 is 1.21 bits per heavy atom. The third-order valence-electron chi connectivity index (χ3n) is 3.90. The van der Waals surface area contributed by atoms with Gasteiger partial charge in [0.1, 0.15) is 5.65 Å². The van der Waals surface area contributed by atoms with Crippen molar-refractivity contribution in [2.75, 3.05) is 0 Å². The number of rotatable bonds is 0. The normalized spacial score (nSPS) is 15.8. The molecule has 102 valence electrons. The van der Waals surface area contributed by atoms with E-state index in [0.29, 0.717) is 16.7 Å². The Kier molecular flexibility index (Phi) is 2.62. The summed E-state index contributed by atoms with van der Waals surface area (Å²) in [5, 5.41) is 0.315. The van der Waals surface area contributed by atoms with Crippen LogP contribution < -0.4 is 0 Å². The largest absolute Gasteiger partial charge is 0.417 e. The molecule has 2 aromatic rings. The molecule has 2 aromatic heterocycles. The second-order valence-corrected chi connectivity index (χ2v) is 5.20. The standard InChI is InChI=1S/C14H15F3N2/c1-8-7-10(14(15,16)17)12-9-5-3-4-6-11(9)19(2)13(12)18-8/h7H,3-6H2,1-2H3. The predicted molar refractivity (Wildman–Crippen MR) is 67.1 cm³/mol. The maximum absolute atomic E-state index is 13.2. The van der Waals surface area contributed by atoms with Crippen LogP contribution in [0.1, 0.15) is 35.4 Å². The average molecular weight is 268 g/mol. The molecule has 0 spiro atoms. The van der Waals surface area contributed by atoms with Crippen molar-refractivity contribution in [3.63, 3.8) is 0 Å². The number of fused-ring (bicyclic) bond motifs is 3. The maximum Gasteiger partial charge on any atom is 0.417 e. The van der Waals surface area contributed by atoms with Gasteiger partial charge in [0.25, 0.3) is 0 Å². The quantitative estimate of drug-likeness (QED) is 0.711. The first-order chi connectivity index (χ1) is 8.89. The van der Waals surface area contributed by atoms with Crippen molar-refractivity contribution in [3.8, 4) is 0 Å². The lowest BCUT2D eigenvalue weighted by molar-refractivity contribution is -0.136. The van der Waals surface area contributed by atoms with Gasteiger partial charge in [-0.05, 0) is 44.2 Å². The Hall–Kier alpha value is -1.52. The molecule has 0 saturated carbocycles. The minimum Gasteiger partial charge on any atom is -0.332 e. The average Bonchev–Trinajstić information content (AvgIpc) is 2.62. The zero-order valence-electron chi connectivity index (χ0n) is 10.9. The Balaban J connectivity index is 2.44. The molecule has 19 heavy (non-hydrogen) atoms. The summed E-state index contributed by atoms with van der Waals surface area (Å²) in [7, 11) is 1.82. The second kappa shape index (κ2) is 3.99. The van der Waals surface area contributed by atoms with Crippen molar-refractivity contribution in [2.24, 2.45) is 7.05 Å². The minimum atomic E-state index is -4.32. The first-order valence-electron chi connectivity index (χ1n) is 6.44. The van der Waals surface area contributed by atoms with Crippen LogP contribution in [0.2, 0.25) is 0 Å². The van der Waals surface area contributed by atoms with Gasteiger partial charge in [0.2, 0.25) is 0 Å². The van der Waals surface area contributed by atoms with Crippen LogP contribution in [0, 0.1) is 6.92 Å². The number of pyridine rings is 1. The summed E-state index contributed by atoms with van der Waals surface area (Å²) in [6.45, 7) is 1.61. The molecule has 0 aliphatic heterocycles. The number of hydrogen-bond acceptors (Lipinski definition) is 1. The van der Waals surface area contributed by atoms with Crippen molar-refractivity contribution < 1.29 is 13.2 Å². The highest BCUT2D eigenvalue weighted by molar-refractivity contribution is 5.86. The third kappa shape index (κ3) is 1.83. The van der Waals surface area contributed by atoms with E-state index in [1.165, 1.54) is 0 Å². The van der Waals surface area contributed by atoms with E-state index in [0.717, 1.165) is 43.0 Å². The van der Waals surface area contributed by atoms with Crippen LogP contribution in [0.5, 0.6) is 0 Å². The number of aryl methyl sites for hydroxylation is 3. The van der Waals surface area contributed by atoms with Crippen molar-refractivity contribution in [3.05, 3.63) is 28.6 Å². The molecule has 1 aliphatic carbocycles. The van der Waals surface area contributed by atoms with Gasteiger partial charge in [0, 0.05) is 23.8 Å². The van der Waals surface area contributed by atoms with E-state index < -0.39 is 11.7 Å². The number of hydrogen-bond donors (Lipinski definition) is 0. The molecule has 0 radical (unpaired) electrons. The summed E-state index contributed by atoms with van der Waals surface area (Å²) in [5.41, 5.74) is 2.22. The van der Waals surface area contributed by atoms with Gasteiger partial charge in [-0.15, -0.1) is 0 Å². The Labute approximate surface area is 109 Å². The maximum atomic E-state index is 13.2. The molecule has 0 amide bonds. The molecule has 0 aromatic carbocycles. The monoisotopic (exact) mass is 268 g/mol. The Bertz CT molecular complexity index is 653.